The summed E-state index contributed by atoms with van der Waals surface area (Å²) in [5, 5.41) is 7.48. The molecule has 72 valence electrons. The number of carboxylic acids is 1. The van der Waals surface area contributed by atoms with E-state index in [9.17, 15) is 31.1 Å². The average molecular weight is 196 g/mol. The first kappa shape index (κ1) is 11.0. The summed E-state index contributed by atoms with van der Waals surface area (Å²) in [5.41, 5.74) is 0. The summed E-state index contributed by atoms with van der Waals surface area (Å²) in [6.07, 6.45) is -10.6. The molecule has 1 unspecified atom stereocenters. The molecule has 8 heteroatoms. The molecule has 0 saturated heterocycles. The van der Waals surface area contributed by atoms with Crippen molar-refractivity contribution in [1.82, 2.24) is 0 Å². The van der Waals surface area contributed by atoms with Crippen LogP contribution < -0.4 is 0 Å². The van der Waals surface area contributed by atoms with Crippen LogP contribution in [0.15, 0.2) is 0 Å². The molecule has 2 nitrogen and oxygen atoms in total. The quantitative estimate of drug-likeness (QED) is 0.681. The van der Waals surface area contributed by atoms with E-state index in [-0.39, 0.29) is 0 Å². The fourth-order valence-electron chi connectivity index (χ4n) is 0.314. The van der Waals surface area contributed by atoms with Crippen molar-refractivity contribution < 1.29 is 36.2 Å². The Hall–Kier alpha value is -0.950. The van der Waals surface area contributed by atoms with Crippen molar-refractivity contribution in [2.24, 2.45) is 0 Å². The molecular weight excluding hydrogens is 194 g/mol. The topological polar surface area (TPSA) is 37.3 Å². The van der Waals surface area contributed by atoms with Crippen LogP contribution in [-0.4, -0.2) is 29.3 Å². The van der Waals surface area contributed by atoms with Gasteiger partial charge in [0.2, 0.25) is 0 Å². The molecule has 1 N–H and O–H groups in total. The predicted octanol–water partition coefficient (Wildman–Crippen LogP) is 1.61. The molecule has 0 amide bonds. The number of hydrogen-bond acceptors (Lipinski definition) is 1. The lowest BCUT2D eigenvalue weighted by atomic mass is 10.2. The van der Waals surface area contributed by atoms with Gasteiger partial charge in [-0.15, -0.1) is 0 Å². The van der Waals surface area contributed by atoms with Crippen molar-refractivity contribution in [3.8, 4) is 0 Å². The summed E-state index contributed by atoms with van der Waals surface area (Å²) in [6, 6.07) is 0. The number of rotatable bonds is 2. The lowest BCUT2D eigenvalue weighted by Crippen LogP contribution is -2.47. The minimum Gasteiger partial charge on any atom is -0.477 e. The Morgan fingerprint density at radius 2 is 1.50 bits per heavy atom. The Kier molecular flexibility index (Phi) is 2.61. The van der Waals surface area contributed by atoms with Crippen LogP contribution in [0.1, 0.15) is 0 Å². The Morgan fingerprint density at radius 3 is 1.58 bits per heavy atom. The first-order valence-corrected chi connectivity index (χ1v) is 2.42. The molecule has 0 fully saturated rings. The summed E-state index contributed by atoms with van der Waals surface area (Å²) in [6.45, 7) is 0. The molecule has 0 aliphatic carbocycles. The fourth-order valence-corrected chi connectivity index (χ4v) is 0.314. The van der Waals surface area contributed by atoms with Crippen LogP contribution in [0.5, 0.6) is 0 Å². The summed E-state index contributed by atoms with van der Waals surface area (Å²) in [7, 11) is 0. The van der Waals surface area contributed by atoms with Crippen molar-refractivity contribution >= 4 is 5.97 Å². The van der Waals surface area contributed by atoms with Crippen molar-refractivity contribution in [1.29, 1.82) is 0 Å². The second-order valence-electron chi connectivity index (χ2n) is 1.83. The highest BCUT2D eigenvalue weighted by Gasteiger charge is 2.61. The Balaban J connectivity index is 4.69. The van der Waals surface area contributed by atoms with Gasteiger partial charge in [0.05, 0.1) is 0 Å². The van der Waals surface area contributed by atoms with Gasteiger partial charge >= 0.3 is 18.1 Å². The van der Waals surface area contributed by atoms with Gasteiger partial charge < -0.3 is 5.11 Å². The molecule has 0 spiro atoms. The lowest BCUT2D eigenvalue weighted by molar-refractivity contribution is -0.247. The number of aliphatic carboxylic acids is 1. The van der Waals surface area contributed by atoms with Crippen LogP contribution >= 0.6 is 0 Å². The third-order valence-corrected chi connectivity index (χ3v) is 0.891. The van der Waals surface area contributed by atoms with Gasteiger partial charge in [0, 0.05) is 0 Å². The molecule has 12 heavy (non-hydrogen) atoms. The third kappa shape index (κ3) is 2.02. The van der Waals surface area contributed by atoms with Crippen molar-refractivity contribution in [2.45, 2.75) is 18.3 Å². The van der Waals surface area contributed by atoms with E-state index in [0.29, 0.717) is 0 Å². The van der Waals surface area contributed by atoms with Crippen molar-refractivity contribution in [2.75, 3.05) is 0 Å². The van der Waals surface area contributed by atoms with E-state index in [2.05, 4.69) is 0 Å². The molecule has 0 aromatic heterocycles. The summed E-state index contributed by atoms with van der Waals surface area (Å²) in [5.74, 6) is -8.58. The molecule has 0 radical (unpaired) electrons. The minimum atomic E-state index is -5.87. The van der Waals surface area contributed by atoms with Gasteiger partial charge in [0.15, 0.2) is 0 Å². The van der Waals surface area contributed by atoms with E-state index in [1.807, 2.05) is 0 Å². The minimum absolute atomic E-state index is 3.15. The largest absolute Gasteiger partial charge is 0.477 e. The standard InChI is InChI=1S/C4H2F6O2/c5-1(4(8,9)10)3(6,7)2(11)12/h1H,(H,11,12). The molecule has 0 heterocycles. The molecular formula is C4H2F6O2. The Bertz CT molecular complexity index is 184. The number of carbonyl (C=O) groups is 1. The van der Waals surface area contributed by atoms with Gasteiger partial charge in [-0.1, -0.05) is 0 Å². The van der Waals surface area contributed by atoms with Gasteiger partial charge in [-0.3, -0.25) is 0 Å². The van der Waals surface area contributed by atoms with Crippen molar-refractivity contribution in [3.63, 3.8) is 0 Å². The number of carboxylic acid groups (broad SMARTS) is 1. The van der Waals surface area contributed by atoms with E-state index in [1.165, 1.54) is 0 Å². The first-order valence-electron chi connectivity index (χ1n) is 2.42. The van der Waals surface area contributed by atoms with E-state index in [4.69, 9.17) is 5.11 Å². The lowest BCUT2D eigenvalue weighted by Gasteiger charge is -2.18. The van der Waals surface area contributed by atoms with Gasteiger partial charge in [-0.25, -0.2) is 9.18 Å². The molecule has 0 aliphatic rings. The maximum absolute atomic E-state index is 11.7. The molecule has 0 saturated carbocycles. The predicted molar refractivity (Wildman–Crippen MR) is 23.5 cm³/mol. The van der Waals surface area contributed by atoms with Crippen LogP contribution in [0.4, 0.5) is 26.3 Å². The Morgan fingerprint density at radius 1 is 1.17 bits per heavy atom. The van der Waals surface area contributed by atoms with Gasteiger partial charge in [0.1, 0.15) is 0 Å². The summed E-state index contributed by atoms with van der Waals surface area (Å²) in [4.78, 5) is 9.42. The van der Waals surface area contributed by atoms with Gasteiger partial charge in [0.25, 0.3) is 6.17 Å². The van der Waals surface area contributed by atoms with E-state index < -0.39 is 24.2 Å². The zero-order chi connectivity index (χ0) is 10.2. The van der Waals surface area contributed by atoms with Gasteiger partial charge in [-0.2, -0.15) is 22.0 Å². The molecule has 0 rings (SSSR count). The molecule has 0 aromatic carbocycles. The zero-order valence-electron chi connectivity index (χ0n) is 5.20. The smallest absolute Gasteiger partial charge is 0.426 e. The van der Waals surface area contributed by atoms with Crippen LogP contribution in [0.3, 0.4) is 0 Å². The average Bonchev–Trinajstić information content (AvgIpc) is 1.83. The SMILES string of the molecule is O=C(O)C(F)(F)C(F)C(F)(F)F. The van der Waals surface area contributed by atoms with Crippen molar-refractivity contribution in [3.05, 3.63) is 0 Å². The monoisotopic (exact) mass is 196 g/mol. The Labute approximate surface area is 61.8 Å². The highest BCUT2D eigenvalue weighted by molar-refractivity contribution is 5.76. The molecule has 1 atom stereocenters. The van der Waals surface area contributed by atoms with Gasteiger partial charge in [-0.05, 0) is 0 Å². The molecule has 0 aliphatic heterocycles. The van der Waals surface area contributed by atoms with E-state index >= 15 is 0 Å². The normalized spacial score (nSPS) is 15.8. The maximum Gasteiger partial charge on any atom is 0.426 e. The van der Waals surface area contributed by atoms with E-state index in [1.54, 1.807) is 0 Å². The third-order valence-electron chi connectivity index (χ3n) is 0.891. The fraction of sp³-hybridized carbons (Fsp3) is 0.750. The number of halogens is 6. The van der Waals surface area contributed by atoms with Crippen LogP contribution in [0, 0.1) is 0 Å². The second kappa shape index (κ2) is 2.83. The summed E-state index contributed by atoms with van der Waals surface area (Å²) < 4.78 is 68.7. The number of alkyl halides is 6. The van der Waals surface area contributed by atoms with Crippen LogP contribution in [0.25, 0.3) is 0 Å². The maximum atomic E-state index is 11.7. The zero-order valence-corrected chi connectivity index (χ0v) is 5.20. The van der Waals surface area contributed by atoms with Crippen LogP contribution in [0.2, 0.25) is 0 Å². The molecule has 0 bridgehead atoms. The summed E-state index contributed by atoms with van der Waals surface area (Å²) >= 11 is 0. The molecule has 0 aromatic rings. The first-order chi connectivity index (χ1) is 5.10. The highest BCUT2D eigenvalue weighted by Crippen LogP contribution is 2.34. The number of hydrogen-bond donors (Lipinski definition) is 1. The van der Waals surface area contributed by atoms with Crippen LogP contribution in [-0.2, 0) is 4.79 Å². The second-order valence-corrected chi connectivity index (χ2v) is 1.83. The van der Waals surface area contributed by atoms with E-state index in [0.717, 1.165) is 0 Å². The highest BCUT2D eigenvalue weighted by atomic mass is 19.4.